The normalized spacial score (nSPS) is 10.3. The van der Waals surface area contributed by atoms with Gasteiger partial charge in [0.05, 0.1) is 5.56 Å². The molecule has 0 radical (unpaired) electrons. The van der Waals surface area contributed by atoms with E-state index in [9.17, 15) is 9.59 Å². The molecule has 82 valence electrons. The number of rotatable bonds is 2. The summed E-state index contributed by atoms with van der Waals surface area (Å²) >= 11 is 0. The Morgan fingerprint density at radius 2 is 2.12 bits per heavy atom. The minimum atomic E-state index is -0.592. The lowest BCUT2D eigenvalue weighted by Gasteiger charge is -1.99. The second-order valence-electron chi connectivity index (χ2n) is 3.25. The summed E-state index contributed by atoms with van der Waals surface area (Å²) in [5.74, 6) is -0.790. The molecular formula is C10H10N4O2. The highest BCUT2D eigenvalue weighted by Crippen LogP contribution is 2.07. The number of carbonyl (C=O) groups excluding carboxylic acids is 2. The number of nitrogens with zero attached hydrogens (tertiary/aromatic N) is 2. The Morgan fingerprint density at radius 3 is 2.75 bits per heavy atom. The van der Waals surface area contributed by atoms with Crippen LogP contribution >= 0.6 is 0 Å². The van der Waals surface area contributed by atoms with Gasteiger partial charge in [-0.2, -0.15) is 0 Å². The van der Waals surface area contributed by atoms with E-state index in [1.165, 1.54) is 6.20 Å². The van der Waals surface area contributed by atoms with Crippen molar-refractivity contribution in [1.82, 2.24) is 14.7 Å². The first kappa shape index (κ1) is 10.2. The largest absolute Gasteiger partial charge is 0.364 e. The molecule has 0 aliphatic heterocycles. The van der Waals surface area contributed by atoms with E-state index in [4.69, 9.17) is 5.73 Å². The third kappa shape index (κ3) is 1.60. The summed E-state index contributed by atoms with van der Waals surface area (Å²) < 4.78 is 1.59. The van der Waals surface area contributed by atoms with Crippen molar-refractivity contribution >= 4 is 17.5 Å². The molecule has 3 N–H and O–H groups in total. The summed E-state index contributed by atoms with van der Waals surface area (Å²) in [5.41, 5.74) is 6.34. The predicted octanol–water partition coefficient (Wildman–Crippen LogP) is -0.207. The Kier molecular flexibility index (Phi) is 2.32. The standard InChI is InChI=1S/C10H10N4O2/c1-12-10(16)6-2-3-8-13-7(9(11)15)5-14(8)4-6/h2-5H,1H3,(H2,11,15)(H,12,16). The van der Waals surface area contributed by atoms with Crippen LogP contribution in [-0.4, -0.2) is 28.2 Å². The van der Waals surface area contributed by atoms with Gasteiger partial charge in [0, 0.05) is 19.4 Å². The molecule has 2 rings (SSSR count). The van der Waals surface area contributed by atoms with Crippen LogP contribution in [0.4, 0.5) is 0 Å². The van der Waals surface area contributed by atoms with Gasteiger partial charge in [0.25, 0.3) is 11.8 Å². The van der Waals surface area contributed by atoms with Crippen LogP contribution in [0.3, 0.4) is 0 Å². The van der Waals surface area contributed by atoms with Gasteiger partial charge in [-0.25, -0.2) is 4.98 Å². The van der Waals surface area contributed by atoms with Gasteiger partial charge in [0.15, 0.2) is 0 Å². The van der Waals surface area contributed by atoms with Gasteiger partial charge in [-0.3, -0.25) is 9.59 Å². The highest BCUT2D eigenvalue weighted by Gasteiger charge is 2.09. The quantitative estimate of drug-likeness (QED) is 0.731. The Hall–Kier alpha value is -2.37. The molecule has 0 unspecified atom stereocenters. The third-order valence-electron chi connectivity index (χ3n) is 2.19. The highest BCUT2D eigenvalue weighted by atomic mass is 16.2. The number of hydrogen-bond acceptors (Lipinski definition) is 3. The molecule has 16 heavy (non-hydrogen) atoms. The molecule has 0 saturated heterocycles. The fraction of sp³-hybridized carbons (Fsp3) is 0.100. The van der Waals surface area contributed by atoms with Crippen molar-refractivity contribution < 1.29 is 9.59 Å². The summed E-state index contributed by atoms with van der Waals surface area (Å²) in [7, 11) is 1.55. The highest BCUT2D eigenvalue weighted by molar-refractivity contribution is 5.94. The number of nitrogens with one attached hydrogen (secondary N) is 1. The minimum absolute atomic E-state index is 0.175. The molecule has 0 spiro atoms. The van der Waals surface area contributed by atoms with E-state index >= 15 is 0 Å². The number of hydrogen-bond donors (Lipinski definition) is 2. The molecule has 0 saturated carbocycles. The van der Waals surface area contributed by atoms with Gasteiger partial charge in [0.1, 0.15) is 11.3 Å². The lowest BCUT2D eigenvalue weighted by Crippen LogP contribution is -2.18. The molecule has 0 atom stereocenters. The van der Waals surface area contributed by atoms with Crippen molar-refractivity contribution in [3.8, 4) is 0 Å². The van der Waals surface area contributed by atoms with Crippen LogP contribution in [0.2, 0.25) is 0 Å². The van der Waals surface area contributed by atoms with Crippen molar-refractivity contribution in [2.75, 3.05) is 7.05 Å². The fourth-order valence-corrected chi connectivity index (χ4v) is 1.39. The van der Waals surface area contributed by atoms with Crippen LogP contribution < -0.4 is 11.1 Å². The Labute approximate surface area is 91.1 Å². The lowest BCUT2D eigenvalue weighted by atomic mass is 10.2. The Bertz CT molecular complexity index is 573. The van der Waals surface area contributed by atoms with Crippen LogP contribution in [-0.2, 0) is 0 Å². The van der Waals surface area contributed by atoms with Gasteiger partial charge in [-0.1, -0.05) is 0 Å². The summed E-state index contributed by atoms with van der Waals surface area (Å²) in [6.45, 7) is 0. The number of carbonyl (C=O) groups is 2. The zero-order chi connectivity index (χ0) is 11.7. The van der Waals surface area contributed by atoms with Crippen molar-refractivity contribution in [2.45, 2.75) is 0 Å². The first-order valence-corrected chi connectivity index (χ1v) is 4.62. The molecule has 6 heteroatoms. The monoisotopic (exact) mass is 218 g/mol. The van der Waals surface area contributed by atoms with E-state index < -0.39 is 5.91 Å². The first-order valence-electron chi connectivity index (χ1n) is 4.62. The van der Waals surface area contributed by atoms with Crippen LogP contribution in [0, 0.1) is 0 Å². The molecule has 0 bridgehead atoms. The number of aromatic nitrogens is 2. The second kappa shape index (κ2) is 3.65. The molecule has 0 aliphatic rings. The summed E-state index contributed by atoms with van der Waals surface area (Å²) in [6.07, 6.45) is 3.08. The van der Waals surface area contributed by atoms with Crippen molar-refractivity contribution in [2.24, 2.45) is 5.73 Å². The SMILES string of the molecule is CNC(=O)c1ccc2nc(C(N)=O)cn2c1. The summed E-state index contributed by atoms with van der Waals surface area (Å²) in [4.78, 5) is 26.3. The van der Waals surface area contributed by atoms with E-state index in [1.807, 2.05) is 0 Å². The molecule has 2 aromatic rings. The molecule has 0 fully saturated rings. The number of nitrogens with two attached hydrogens (primary N) is 1. The topological polar surface area (TPSA) is 89.5 Å². The Morgan fingerprint density at radius 1 is 1.38 bits per heavy atom. The predicted molar refractivity (Wildman–Crippen MR) is 57.1 cm³/mol. The summed E-state index contributed by atoms with van der Waals surface area (Å²) in [5, 5.41) is 2.51. The van der Waals surface area contributed by atoms with Crippen molar-refractivity contribution in [1.29, 1.82) is 0 Å². The van der Waals surface area contributed by atoms with Crippen LogP contribution in [0.25, 0.3) is 5.65 Å². The molecule has 2 amide bonds. The van der Waals surface area contributed by atoms with E-state index in [-0.39, 0.29) is 11.6 Å². The molecule has 6 nitrogen and oxygen atoms in total. The molecular weight excluding hydrogens is 208 g/mol. The van der Waals surface area contributed by atoms with Crippen molar-refractivity contribution in [3.05, 3.63) is 35.8 Å². The number of amides is 2. The van der Waals surface area contributed by atoms with Gasteiger partial charge in [-0.15, -0.1) is 0 Å². The van der Waals surface area contributed by atoms with Gasteiger partial charge in [-0.05, 0) is 12.1 Å². The Balaban J connectivity index is 2.53. The maximum atomic E-state index is 11.4. The number of pyridine rings is 1. The maximum Gasteiger partial charge on any atom is 0.268 e. The van der Waals surface area contributed by atoms with Gasteiger partial charge >= 0.3 is 0 Å². The molecule has 2 heterocycles. The van der Waals surface area contributed by atoms with Crippen molar-refractivity contribution in [3.63, 3.8) is 0 Å². The van der Waals surface area contributed by atoms with Crippen LogP contribution in [0.5, 0.6) is 0 Å². The zero-order valence-corrected chi connectivity index (χ0v) is 8.60. The average Bonchev–Trinajstić information content (AvgIpc) is 2.70. The summed E-state index contributed by atoms with van der Waals surface area (Å²) in [6, 6.07) is 3.28. The van der Waals surface area contributed by atoms with Gasteiger partial charge in [0.2, 0.25) is 0 Å². The van der Waals surface area contributed by atoms with Crippen LogP contribution in [0.15, 0.2) is 24.5 Å². The molecule has 0 aromatic carbocycles. The minimum Gasteiger partial charge on any atom is -0.364 e. The zero-order valence-electron chi connectivity index (χ0n) is 8.60. The van der Waals surface area contributed by atoms with Crippen LogP contribution in [0.1, 0.15) is 20.8 Å². The van der Waals surface area contributed by atoms with E-state index in [2.05, 4.69) is 10.3 Å². The average molecular weight is 218 g/mol. The van der Waals surface area contributed by atoms with E-state index in [1.54, 1.807) is 29.8 Å². The second-order valence-corrected chi connectivity index (χ2v) is 3.25. The number of primary amides is 1. The number of fused-ring (bicyclic) bond motifs is 1. The van der Waals surface area contributed by atoms with Gasteiger partial charge < -0.3 is 15.5 Å². The van der Waals surface area contributed by atoms with E-state index in [0.29, 0.717) is 11.2 Å². The smallest absolute Gasteiger partial charge is 0.268 e. The first-order chi connectivity index (χ1) is 7.61. The lowest BCUT2D eigenvalue weighted by molar-refractivity contribution is 0.0961. The van der Waals surface area contributed by atoms with E-state index in [0.717, 1.165) is 0 Å². The number of imidazole rings is 1. The fourth-order valence-electron chi connectivity index (χ4n) is 1.39. The third-order valence-corrected chi connectivity index (χ3v) is 2.19. The maximum absolute atomic E-state index is 11.4. The molecule has 2 aromatic heterocycles. The molecule has 0 aliphatic carbocycles.